The zero-order valence-electron chi connectivity index (χ0n) is 12.1. The highest BCUT2D eigenvalue weighted by atomic mass is 16.7. The molecule has 1 aliphatic rings. The van der Waals surface area contributed by atoms with Crippen LogP contribution < -0.4 is 0 Å². The number of rotatable bonds is 5. The number of hydrogen-bond acceptors (Lipinski definition) is 6. The highest BCUT2D eigenvalue weighted by molar-refractivity contribution is 5.89. The molecular formula is C15H19NO5. The van der Waals surface area contributed by atoms with E-state index < -0.39 is 17.9 Å². The van der Waals surface area contributed by atoms with E-state index in [0.717, 1.165) is 0 Å². The molecule has 1 aliphatic heterocycles. The zero-order chi connectivity index (χ0) is 15.5. The Morgan fingerprint density at radius 2 is 2.24 bits per heavy atom. The number of aliphatic hydroxyl groups is 1. The summed E-state index contributed by atoms with van der Waals surface area (Å²) in [6.07, 6.45) is 1.64. The summed E-state index contributed by atoms with van der Waals surface area (Å²) in [6, 6.07) is 3.22. The molecule has 1 fully saturated rings. The van der Waals surface area contributed by atoms with Gasteiger partial charge in [0.2, 0.25) is 0 Å². The molecule has 0 aliphatic carbocycles. The molecule has 0 amide bonds. The molecule has 21 heavy (non-hydrogen) atoms. The first-order valence-electron chi connectivity index (χ1n) is 6.65. The van der Waals surface area contributed by atoms with E-state index >= 15 is 0 Å². The summed E-state index contributed by atoms with van der Waals surface area (Å²) in [5.74, 6) is -1.32. The number of nitrogens with zero attached hydrogens (tertiary/aromatic N) is 1. The Morgan fingerprint density at radius 3 is 2.81 bits per heavy atom. The van der Waals surface area contributed by atoms with E-state index in [1.54, 1.807) is 26.0 Å². The molecule has 2 atom stereocenters. The van der Waals surface area contributed by atoms with Crippen molar-refractivity contribution in [3.05, 3.63) is 42.2 Å². The molecule has 0 aromatic carbocycles. The van der Waals surface area contributed by atoms with Crippen molar-refractivity contribution in [2.45, 2.75) is 31.8 Å². The normalized spacial score (nSPS) is 21.8. The SMILES string of the molecule is C=C(C(=O)OCC1COC(C)(C)O1)C(O)c1ccncc1. The first-order valence-corrected chi connectivity index (χ1v) is 6.65. The Labute approximate surface area is 123 Å². The Morgan fingerprint density at radius 1 is 1.57 bits per heavy atom. The molecule has 0 bridgehead atoms. The van der Waals surface area contributed by atoms with Gasteiger partial charge in [0.1, 0.15) is 18.8 Å². The molecule has 0 radical (unpaired) electrons. The number of aliphatic hydroxyl groups excluding tert-OH is 1. The van der Waals surface area contributed by atoms with Gasteiger partial charge in [-0.05, 0) is 31.5 Å². The monoisotopic (exact) mass is 293 g/mol. The minimum Gasteiger partial charge on any atom is -0.459 e. The van der Waals surface area contributed by atoms with E-state index in [-0.39, 0.29) is 18.3 Å². The van der Waals surface area contributed by atoms with E-state index in [1.807, 2.05) is 0 Å². The van der Waals surface area contributed by atoms with Crippen LogP contribution in [0.5, 0.6) is 0 Å². The zero-order valence-corrected chi connectivity index (χ0v) is 12.1. The standard InChI is InChI=1S/C15H19NO5/c1-10(13(17)11-4-6-16-7-5-11)14(18)19-8-12-9-20-15(2,3)21-12/h4-7,12-13,17H,1,8-9H2,2-3H3. The Bertz CT molecular complexity index is 514. The van der Waals surface area contributed by atoms with Crippen LogP contribution in [0.1, 0.15) is 25.5 Å². The van der Waals surface area contributed by atoms with Gasteiger partial charge in [-0.3, -0.25) is 4.98 Å². The van der Waals surface area contributed by atoms with Crippen LogP contribution in [0.15, 0.2) is 36.7 Å². The molecule has 1 aromatic rings. The minimum absolute atomic E-state index is 0.0284. The number of aromatic nitrogens is 1. The first-order chi connectivity index (χ1) is 9.89. The van der Waals surface area contributed by atoms with E-state index in [2.05, 4.69) is 11.6 Å². The summed E-state index contributed by atoms with van der Waals surface area (Å²) in [7, 11) is 0. The number of carbonyl (C=O) groups is 1. The van der Waals surface area contributed by atoms with Crippen molar-refractivity contribution in [1.29, 1.82) is 0 Å². The fourth-order valence-corrected chi connectivity index (χ4v) is 1.97. The summed E-state index contributed by atoms with van der Waals surface area (Å²) in [4.78, 5) is 15.7. The first kappa shape index (κ1) is 15.6. The molecule has 2 unspecified atom stereocenters. The van der Waals surface area contributed by atoms with Crippen LogP contribution in [-0.4, -0.2) is 41.2 Å². The van der Waals surface area contributed by atoms with Crippen molar-refractivity contribution in [2.24, 2.45) is 0 Å². The number of ether oxygens (including phenoxy) is 3. The maximum Gasteiger partial charge on any atom is 0.336 e. The molecule has 114 valence electrons. The minimum atomic E-state index is -1.11. The molecule has 2 rings (SSSR count). The lowest BCUT2D eigenvalue weighted by atomic mass is 10.0. The van der Waals surface area contributed by atoms with Crippen molar-refractivity contribution >= 4 is 5.97 Å². The van der Waals surface area contributed by atoms with E-state index in [0.29, 0.717) is 12.2 Å². The van der Waals surface area contributed by atoms with Gasteiger partial charge in [0.15, 0.2) is 5.79 Å². The second-order valence-corrected chi connectivity index (χ2v) is 5.26. The average Bonchev–Trinajstić information content (AvgIpc) is 2.83. The van der Waals surface area contributed by atoms with Gasteiger partial charge in [0.05, 0.1) is 12.2 Å². The van der Waals surface area contributed by atoms with Crippen molar-refractivity contribution < 1.29 is 24.1 Å². The number of hydrogen-bond donors (Lipinski definition) is 1. The van der Waals surface area contributed by atoms with E-state index in [9.17, 15) is 9.90 Å². The lowest BCUT2D eigenvalue weighted by Crippen LogP contribution is -2.26. The number of pyridine rings is 1. The maximum atomic E-state index is 11.9. The third-order valence-corrected chi connectivity index (χ3v) is 3.08. The fourth-order valence-electron chi connectivity index (χ4n) is 1.97. The van der Waals surface area contributed by atoms with Gasteiger partial charge in [0, 0.05) is 12.4 Å². The van der Waals surface area contributed by atoms with Crippen LogP contribution in [0, 0.1) is 0 Å². The van der Waals surface area contributed by atoms with Gasteiger partial charge in [-0.15, -0.1) is 0 Å². The van der Waals surface area contributed by atoms with E-state index in [4.69, 9.17) is 14.2 Å². The van der Waals surface area contributed by atoms with Crippen molar-refractivity contribution in [1.82, 2.24) is 4.98 Å². The second kappa shape index (κ2) is 6.34. The van der Waals surface area contributed by atoms with Crippen molar-refractivity contribution in [3.8, 4) is 0 Å². The molecule has 1 aromatic heterocycles. The molecule has 1 N–H and O–H groups in total. The Kier molecular flexibility index (Phi) is 4.72. The van der Waals surface area contributed by atoms with Crippen LogP contribution in [0.25, 0.3) is 0 Å². The Balaban J connectivity index is 1.85. The molecule has 2 heterocycles. The largest absolute Gasteiger partial charge is 0.459 e. The van der Waals surface area contributed by atoms with Crippen LogP contribution in [-0.2, 0) is 19.0 Å². The lowest BCUT2D eigenvalue weighted by molar-refractivity contribution is -0.156. The van der Waals surface area contributed by atoms with Gasteiger partial charge in [-0.2, -0.15) is 0 Å². The van der Waals surface area contributed by atoms with E-state index in [1.165, 1.54) is 12.4 Å². The summed E-state index contributed by atoms with van der Waals surface area (Å²) < 4.78 is 16.0. The van der Waals surface area contributed by atoms with Gasteiger partial charge < -0.3 is 19.3 Å². The molecule has 6 heteroatoms. The van der Waals surface area contributed by atoms with Crippen molar-refractivity contribution in [3.63, 3.8) is 0 Å². The Hall–Kier alpha value is -1.76. The van der Waals surface area contributed by atoms with Gasteiger partial charge in [-0.1, -0.05) is 6.58 Å². The third kappa shape index (κ3) is 4.10. The highest BCUT2D eigenvalue weighted by Crippen LogP contribution is 2.24. The highest BCUT2D eigenvalue weighted by Gasteiger charge is 2.33. The summed E-state index contributed by atoms with van der Waals surface area (Å²) in [6.45, 7) is 7.59. The van der Waals surface area contributed by atoms with Crippen LogP contribution >= 0.6 is 0 Å². The third-order valence-electron chi connectivity index (χ3n) is 3.08. The fraction of sp³-hybridized carbons (Fsp3) is 0.467. The quantitative estimate of drug-likeness (QED) is 0.652. The van der Waals surface area contributed by atoms with Crippen LogP contribution in [0.4, 0.5) is 0 Å². The molecule has 1 saturated heterocycles. The molecule has 0 saturated carbocycles. The predicted molar refractivity (Wildman–Crippen MR) is 74.2 cm³/mol. The molecular weight excluding hydrogens is 274 g/mol. The van der Waals surface area contributed by atoms with Gasteiger partial charge >= 0.3 is 5.97 Å². The van der Waals surface area contributed by atoms with Gasteiger partial charge in [-0.25, -0.2) is 4.79 Å². The maximum absolute atomic E-state index is 11.9. The smallest absolute Gasteiger partial charge is 0.336 e. The molecule has 0 spiro atoms. The van der Waals surface area contributed by atoms with Crippen LogP contribution in [0.3, 0.4) is 0 Å². The summed E-state index contributed by atoms with van der Waals surface area (Å²) in [5.41, 5.74) is 0.507. The molecule has 6 nitrogen and oxygen atoms in total. The topological polar surface area (TPSA) is 77.9 Å². The van der Waals surface area contributed by atoms with Crippen molar-refractivity contribution in [2.75, 3.05) is 13.2 Å². The lowest BCUT2D eigenvalue weighted by Gasteiger charge is -2.18. The van der Waals surface area contributed by atoms with Gasteiger partial charge in [0.25, 0.3) is 0 Å². The number of esters is 1. The predicted octanol–water partition coefficient (Wildman–Crippen LogP) is 1.37. The second-order valence-electron chi connectivity index (χ2n) is 5.26. The summed E-state index contributed by atoms with van der Waals surface area (Å²) >= 11 is 0. The summed E-state index contributed by atoms with van der Waals surface area (Å²) in [5, 5.41) is 10.1. The number of carbonyl (C=O) groups excluding carboxylic acids is 1. The average molecular weight is 293 g/mol. The van der Waals surface area contributed by atoms with Crippen LogP contribution in [0.2, 0.25) is 0 Å².